The first kappa shape index (κ1) is 17.1. The van der Waals surface area contributed by atoms with Gasteiger partial charge in [-0.15, -0.1) is 10.2 Å². The van der Waals surface area contributed by atoms with Crippen LogP contribution in [0.25, 0.3) is 11.5 Å². The van der Waals surface area contributed by atoms with Crippen molar-refractivity contribution in [1.82, 2.24) is 20.4 Å². The number of halogens is 1. The fraction of sp³-hybridized carbons (Fsp3) is 0.500. The van der Waals surface area contributed by atoms with Crippen LogP contribution in [0.1, 0.15) is 25.2 Å². The van der Waals surface area contributed by atoms with E-state index in [-0.39, 0.29) is 17.3 Å². The molecule has 1 N–H and O–H groups in total. The Morgan fingerprint density at radius 3 is 2.92 bits per heavy atom. The third kappa shape index (κ3) is 3.76. The maximum absolute atomic E-state index is 13.3. The number of rotatable bonds is 3. The van der Waals surface area contributed by atoms with Crippen molar-refractivity contribution in [2.75, 3.05) is 26.2 Å². The molecule has 0 atom stereocenters. The molecule has 2 fully saturated rings. The molecule has 2 aromatic rings. The van der Waals surface area contributed by atoms with Crippen LogP contribution >= 0.6 is 0 Å². The Morgan fingerprint density at radius 1 is 1.27 bits per heavy atom. The normalized spacial score (nSPS) is 20.7. The smallest absolute Gasteiger partial charge is 0.247 e. The van der Waals surface area contributed by atoms with E-state index in [4.69, 9.17) is 9.15 Å². The highest BCUT2D eigenvalue weighted by atomic mass is 19.1. The molecule has 3 heterocycles. The predicted octanol–water partition coefficient (Wildman–Crippen LogP) is 1.75. The molecule has 0 radical (unpaired) electrons. The lowest BCUT2D eigenvalue weighted by atomic mass is 9.91. The van der Waals surface area contributed by atoms with E-state index in [1.807, 2.05) is 0 Å². The number of aromatic nitrogens is 2. The van der Waals surface area contributed by atoms with Crippen LogP contribution in [0.15, 0.2) is 28.7 Å². The number of ether oxygens (including phenoxy) is 1. The summed E-state index contributed by atoms with van der Waals surface area (Å²) in [4.78, 5) is 13.7. The Hall–Kier alpha value is -2.32. The number of benzene rings is 1. The molecular formula is C18H21FN4O3. The lowest BCUT2D eigenvalue weighted by Crippen LogP contribution is -2.50. The largest absolute Gasteiger partial charge is 0.419 e. The zero-order valence-electron chi connectivity index (χ0n) is 14.4. The summed E-state index contributed by atoms with van der Waals surface area (Å²) in [6.07, 6.45) is 2.12. The Morgan fingerprint density at radius 2 is 2.12 bits per heavy atom. The fourth-order valence-electron chi connectivity index (χ4n) is 3.45. The second-order valence-corrected chi connectivity index (χ2v) is 6.85. The van der Waals surface area contributed by atoms with Gasteiger partial charge in [0.25, 0.3) is 0 Å². The molecule has 4 rings (SSSR count). The molecule has 2 aliphatic rings. The molecule has 138 valence electrons. The van der Waals surface area contributed by atoms with Crippen LogP contribution in [0.2, 0.25) is 0 Å². The summed E-state index contributed by atoms with van der Waals surface area (Å²) in [5, 5.41) is 11.0. The molecule has 0 aliphatic carbocycles. The summed E-state index contributed by atoms with van der Waals surface area (Å²) in [7, 11) is 0. The van der Waals surface area contributed by atoms with E-state index < -0.39 is 0 Å². The van der Waals surface area contributed by atoms with E-state index in [0.717, 1.165) is 25.9 Å². The molecule has 0 unspecified atom stereocenters. The molecule has 8 heteroatoms. The summed E-state index contributed by atoms with van der Waals surface area (Å²) in [6.45, 7) is 3.25. The average molecular weight is 360 g/mol. The van der Waals surface area contributed by atoms with Gasteiger partial charge in [-0.3, -0.25) is 9.69 Å². The molecule has 26 heavy (non-hydrogen) atoms. The zero-order valence-corrected chi connectivity index (χ0v) is 14.4. The monoisotopic (exact) mass is 360 g/mol. The Labute approximate surface area is 150 Å². The van der Waals surface area contributed by atoms with Gasteiger partial charge in [0.15, 0.2) is 0 Å². The first-order chi connectivity index (χ1) is 12.6. The zero-order chi connectivity index (χ0) is 18.0. The Bertz CT molecular complexity index is 786. The van der Waals surface area contributed by atoms with E-state index in [9.17, 15) is 9.18 Å². The number of hydrogen-bond donors (Lipinski definition) is 1. The van der Waals surface area contributed by atoms with Gasteiger partial charge in [0, 0.05) is 31.6 Å². The van der Waals surface area contributed by atoms with Crippen molar-refractivity contribution in [3.05, 3.63) is 36.0 Å². The second kappa shape index (κ2) is 7.13. The van der Waals surface area contributed by atoms with Crippen LogP contribution in [0.4, 0.5) is 4.39 Å². The van der Waals surface area contributed by atoms with Gasteiger partial charge in [0.2, 0.25) is 17.7 Å². The molecular weight excluding hydrogens is 339 g/mol. The van der Waals surface area contributed by atoms with Gasteiger partial charge < -0.3 is 14.5 Å². The van der Waals surface area contributed by atoms with Crippen LogP contribution in [-0.4, -0.2) is 52.8 Å². The molecule has 1 aromatic carbocycles. The minimum atomic E-state index is -0.334. The molecule has 7 nitrogen and oxygen atoms in total. The molecule has 2 saturated heterocycles. The maximum Gasteiger partial charge on any atom is 0.247 e. The van der Waals surface area contributed by atoms with Crippen molar-refractivity contribution in [3.8, 4) is 11.5 Å². The summed E-state index contributed by atoms with van der Waals surface area (Å²) in [5.41, 5.74) is 0.313. The third-order valence-electron chi connectivity index (χ3n) is 5.01. The number of likely N-dealkylation sites (tertiary alicyclic amines) is 1. The SMILES string of the molecule is O=C1CCOC2(CCN(Cc3nnc(-c4cccc(F)c4)o3)CC2)CN1. The molecule has 1 aromatic heterocycles. The van der Waals surface area contributed by atoms with Gasteiger partial charge in [-0.1, -0.05) is 6.07 Å². The highest BCUT2D eigenvalue weighted by Gasteiger charge is 2.37. The van der Waals surface area contributed by atoms with E-state index >= 15 is 0 Å². The van der Waals surface area contributed by atoms with E-state index in [2.05, 4.69) is 20.4 Å². The van der Waals surface area contributed by atoms with Gasteiger partial charge in [-0.05, 0) is 31.0 Å². The maximum atomic E-state index is 13.3. The quantitative estimate of drug-likeness (QED) is 0.898. The average Bonchev–Trinajstić information content (AvgIpc) is 3.03. The highest BCUT2D eigenvalue weighted by Crippen LogP contribution is 2.28. The second-order valence-electron chi connectivity index (χ2n) is 6.85. The van der Waals surface area contributed by atoms with Crippen LogP contribution in [-0.2, 0) is 16.1 Å². The van der Waals surface area contributed by atoms with Crippen molar-refractivity contribution < 1.29 is 18.3 Å². The van der Waals surface area contributed by atoms with Gasteiger partial charge in [-0.25, -0.2) is 4.39 Å². The molecule has 2 aliphatic heterocycles. The molecule has 0 bridgehead atoms. The van der Waals surface area contributed by atoms with Crippen molar-refractivity contribution in [3.63, 3.8) is 0 Å². The lowest BCUT2D eigenvalue weighted by molar-refractivity contribution is -0.120. The van der Waals surface area contributed by atoms with E-state index in [1.54, 1.807) is 12.1 Å². The van der Waals surface area contributed by atoms with Gasteiger partial charge in [-0.2, -0.15) is 0 Å². The summed E-state index contributed by atoms with van der Waals surface area (Å²) < 4.78 is 25.0. The number of amides is 1. The van der Waals surface area contributed by atoms with Crippen molar-refractivity contribution >= 4 is 5.91 Å². The number of nitrogens with one attached hydrogen (secondary N) is 1. The van der Waals surface area contributed by atoms with Crippen LogP contribution in [0.5, 0.6) is 0 Å². The minimum absolute atomic E-state index is 0.0556. The van der Waals surface area contributed by atoms with Crippen molar-refractivity contribution in [2.24, 2.45) is 0 Å². The standard InChI is InChI=1S/C18H21FN4O3/c19-14-3-1-2-13(10-14)17-22-21-16(26-17)11-23-7-5-18(6-8-23)12-20-15(24)4-9-25-18/h1-3,10H,4-9,11-12H2,(H,20,24). The first-order valence-corrected chi connectivity index (χ1v) is 8.83. The Balaban J connectivity index is 1.35. The molecule has 1 amide bonds. The molecule has 1 spiro atoms. The minimum Gasteiger partial charge on any atom is -0.419 e. The molecule has 0 saturated carbocycles. The number of nitrogens with zero attached hydrogens (tertiary/aromatic N) is 3. The Kier molecular flexibility index (Phi) is 4.69. The van der Waals surface area contributed by atoms with E-state index in [0.29, 0.717) is 43.5 Å². The van der Waals surface area contributed by atoms with Crippen LogP contribution in [0, 0.1) is 5.82 Å². The number of carbonyl (C=O) groups excluding carboxylic acids is 1. The lowest BCUT2D eigenvalue weighted by Gasteiger charge is -2.40. The van der Waals surface area contributed by atoms with Gasteiger partial charge in [0.1, 0.15) is 5.82 Å². The predicted molar refractivity (Wildman–Crippen MR) is 90.5 cm³/mol. The number of hydrogen-bond acceptors (Lipinski definition) is 6. The fourth-order valence-corrected chi connectivity index (χ4v) is 3.45. The highest BCUT2D eigenvalue weighted by molar-refractivity contribution is 5.76. The van der Waals surface area contributed by atoms with Crippen molar-refractivity contribution in [1.29, 1.82) is 0 Å². The summed E-state index contributed by atoms with van der Waals surface area (Å²) in [5.74, 6) is 0.553. The summed E-state index contributed by atoms with van der Waals surface area (Å²) >= 11 is 0. The van der Waals surface area contributed by atoms with Gasteiger partial charge >= 0.3 is 0 Å². The number of carbonyl (C=O) groups is 1. The topological polar surface area (TPSA) is 80.5 Å². The van der Waals surface area contributed by atoms with Gasteiger partial charge in [0.05, 0.1) is 18.8 Å². The van der Waals surface area contributed by atoms with E-state index in [1.165, 1.54) is 12.1 Å². The first-order valence-electron chi connectivity index (χ1n) is 8.83. The van der Waals surface area contributed by atoms with Crippen LogP contribution in [0.3, 0.4) is 0 Å². The third-order valence-corrected chi connectivity index (χ3v) is 5.01. The van der Waals surface area contributed by atoms with Crippen molar-refractivity contribution in [2.45, 2.75) is 31.4 Å². The number of piperidine rings is 1. The van der Waals surface area contributed by atoms with Crippen LogP contribution < -0.4 is 5.32 Å². The summed E-state index contributed by atoms with van der Waals surface area (Å²) in [6, 6.07) is 6.11.